The smallest absolute Gasteiger partial charge is 0.354 e. The van der Waals surface area contributed by atoms with Crippen molar-refractivity contribution in [2.75, 3.05) is 13.7 Å². The normalized spacial score (nSPS) is 13.4. The van der Waals surface area contributed by atoms with E-state index in [0.717, 1.165) is 19.7 Å². The first-order valence-electron chi connectivity index (χ1n) is 9.66. The fraction of sp³-hybridized carbons (Fsp3) is 0.400. The lowest BCUT2D eigenvalue weighted by atomic mass is 10.1. The highest BCUT2D eigenvalue weighted by Gasteiger charge is 2.43. The van der Waals surface area contributed by atoms with E-state index in [4.69, 9.17) is 9.47 Å². The maximum atomic E-state index is 12.9. The Morgan fingerprint density at radius 2 is 1.87 bits per heavy atom. The molecule has 10 nitrogen and oxygen atoms in total. The summed E-state index contributed by atoms with van der Waals surface area (Å²) in [6.07, 6.45) is 2.62. The number of nitrogens with one attached hydrogen (secondary N) is 1. The van der Waals surface area contributed by atoms with Crippen LogP contribution in [0.2, 0.25) is 0 Å². The number of carbonyl (C=O) groups excluding carboxylic acids is 1. The molecule has 31 heavy (non-hydrogen) atoms. The summed E-state index contributed by atoms with van der Waals surface area (Å²) in [5.41, 5.74) is -0.957. The molecule has 0 spiro atoms. The number of methoxy groups -OCH3 is 1. The number of nitro groups is 1. The third-order valence-corrected chi connectivity index (χ3v) is 6.07. The molecular weight excluding hydrogens is 426 g/mol. The zero-order chi connectivity index (χ0) is 23.1. The van der Waals surface area contributed by atoms with Gasteiger partial charge < -0.3 is 9.47 Å². The van der Waals surface area contributed by atoms with E-state index < -0.39 is 26.6 Å². The van der Waals surface area contributed by atoms with E-state index in [-0.39, 0.29) is 23.6 Å². The Kier molecular flexibility index (Phi) is 8.20. The van der Waals surface area contributed by atoms with E-state index in [0.29, 0.717) is 17.7 Å². The molecule has 1 aromatic heterocycles. The lowest BCUT2D eigenvalue weighted by Crippen LogP contribution is -2.56. The SMILES string of the molecule is CCCCOC(CC)(NS(=O)(=O)c1ccc(-c2ccc([N+](=O)[O-])cn2)cc1)C(=O)OC. The Morgan fingerprint density at radius 3 is 2.35 bits per heavy atom. The number of sulfonamides is 1. The van der Waals surface area contributed by atoms with E-state index in [2.05, 4.69) is 9.71 Å². The van der Waals surface area contributed by atoms with E-state index in [1.165, 1.54) is 36.4 Å². The van der Waals surface area contributed by atoms with Crippen LogP contribution < -0.4 is 4.72 Å². The van der Waals surface area contributed by atoms with Gasteiger partial charge in [-0.3, -0.25) is 10.1 Å². The van der Waals surface area contributed by atoms with Crippen LogP contribution in [0.25, 0.3) is 11.3 Å². The van der Waals surface area contributed by atoms with Gasteiger partial charge in [-0.1, -0.05) is 32.4 Å². The molecule has 1 atom stereocenters. The van der Waals surface area contributed by atoms with Gasteiger partial charge in [0.25, 0.3) is 5.69 Å². The van der Waals surface area contributed by atoms with Gasteiger partial charge in [-0.05, 0) is 31.0 Å². The van der Waals surface area contributed by atoms with Crippen molar-refractivity contribution in [1.82, 2.24) is 9.71 Å². The third kappa shape index (κ3) is 5.84. The van der Waals surface area contributed by atoms with Crippen molar-refractivity contribution < 1.29 is 27.6 Å². The van der Waals surface area contributed by atoms with Gasteiger partial charge in [0.15, 0.2) is 0 Å². The summed E-state index contributed by atoms with van der Waals surface area (Å²) in [7, 11) is -2.96. The summed E-state index contributed by atoms with van der Waals surface area (Å²) in [5, 5.41) is 10.7. The third-order valence-electron chi connectivity index (χ3n) is 4.58. The molecule has 1 unspecified atom stereocenters. The predicted molar refractivity (Wildman–Crippen MR) is 113 cm³/mol. The van der Waals surface area contributed by atoms with Gasteiger partial charge in [0.1, 0.15) is 6.20 Å². The number of hydrogen-bond acceptors (Lipinski definition) is 8. The average Bonchev–Trinajstić information content (AvgIpc) is 2.78. The van der Waals surface area contributed by atoms with Crippen molar-refractivity contribution in [3.8, 4) is 11.3 Å². The largest absolute Gasteiger partial charge is 0.466 e. The van der Waals surface area contributed by atoms with Crippen LogP contribution in [0.1, 0.15) is 33.1 Å². The van der Waals surface area contributed by atoms with Crippen molar-refractivity contribution in [1.29, 1.82) is 0 Å². The fourth-order valence-electron chi connectivity index (χ4n) is 2.75. The summed E-state index contributed by atoms with van der Waals surface area (Å²) in [6.45, 7) is 3.75. The second-order valence-corrected chi connectivity index (χ2v) is 8.35. The Bertz CT molecular complexity index is 1010. The summed E-state index contributed by atoms with van der Waals surface area (Å²) in [4.78, 5) is 26.5. The first kappa shape index (κ1) is 24.4. The number of unbranched alkanes of at least 4 members (excludes halogenated alkanes) is 1. The summed E-state index contributed by atoms with van der Waals surface area (Å²) in [6, 6.07) is 8.53. The van der Waals surface area contributed by atoms with E-state index in [1.54, 1.807) is 6.92 Å². The van der Waals surface area contributed by atoms with Gasteiger partial charge in [-0.25, -0.2) is 18.2 Å². The van der Waals surface area contributed by atoms with E-state index >= 15 is 0 Å². The van der Waals surface area contributed by atoms with Gasteiger partial charge in [-0.15, -0.1) is 0 Å². The molecule has 11 heteroatoms. The minimum Gasteiger partial charge on any atom is -0.466 e. The number of benzene rings is 1. The molecule has 2 rings (SSSR count). The topological polar surface area (TPSA) is 138 Å². The monoisotopic (exact) mass is 451 g/mol. The highest BCUT2D eigenvalue weighted by molar-refractivity contribution is 7.89. The van der Waals surface area contributed by atoms with Crippen LogP contribution in [0.4, 0.5) is 5.69 Å². The summed E-state index contributed by atoms with van der Waals surface area (Å²) in [5.74, 6) is -0.832. The van der Waals surface area contributed by atoms with E-state index in [9.17, 15) is 23.3 Å². The Hall–Kier alpha value is -2.89. The maximum Gasteiger partial charge on any atom is 0.354 e. The molecule has 0 aliphatic carbocycles. The number of pyridine rings is 1. The van der Waals surface area contributed by atoms with Crippen LogP contribution in [0.3, 0.4) is 0 Å². The minimum absolute atomic E-state index is 0.0351. The lowest BCUT2D eigenvalue weighted by molar-refractivity contribution is -0.385. The molecule has 168 valence electrons. The Morgan fingerprint density at radius 1 is 1.19 bits per heavy atom. The Balaban J connectivity index is 2.28. The van der Waals surface area contributed by atoms with Gasteiger partial charge in [0, 0.05) is 18.2 Å². The predicted octanol–water partition coefficient (Wildman–Crippen LogP) is 3.03. The van der Waals surface area contributed by atoms with Gasteiger partial charge in [-0.2, -0.15) is 4.72 Å². The molecule has 0 bridgehead atoms. The molecular formula is C20H25N3O7S. The number of ether oxygens (including phenoxy) is 2. The number of rotatable bonds is 11. The maximum absolute atomic E-state index is 12.9. The number of carbonyl (C=O) groups is 1. The zero-order valence-corrected chi connectivity index (χ0v) is 18.3. The van der Waals surface area contributed by atoms with Crippen molar-refractivity contribution in [3.05, 3.63) is 52.7 Å². The molecule has 0 saturated carbocycles. The number of hydrogen-bond donors (Lipinski definition) is 1. The number of aromatic nitrogens is 1. The molecule has 0 aliphatic heterocycles. The lowest BCUT2D eigenvalue weighted by Gasteiger charge is -2.30. The highest BCUT2D eigenvalue weighted by atomic mass is 32.2. The number of nitrogens with zero attached hydrogens (tertiary/aromatic N) is 2. The quantitative estimate of drug-likeness (QED) is 0.181. The van der Waals surface area contributed by atoms with Crippen LogP contribution in [0.15, 0.2) is 47.5 Å². The molecule has 0 radical (unpaired) electrons. The second kappa shape index (κ2) is 10.4. The first-order valence-corrected chi connectivity index (χ1v) is 11.1. The second-order valence-electron chi connectivity index (χ2n) is 6.66. The van der Waals surface area contributed by atoms with Crippen molar-refractivity contribution >= 4 is 21.7 Å². The van der Waals surface area contributed by atoms with Crippen LogP contribution in [-0.4, -0.2) is 43.7 Å². The van der Waals surface area contributed by atoms with Crippen LogP contribution >= 0.6 is 0 Å². The molecule has 1 N–H and O–H groups in total. The molecule has 0 amide bonds. The fourth-order valence-corrected chi connectivity index (χ4v) is 4.08. The van der Waals surface area contributed by atoms with Crippen molar-refractivity contribution in [2.45, 2.75) is 43.7 Å². The molecule has 0 fully saturated rings. The number of esters is 1. The molecule has 1 aromatic carbocycles. The first-order chi connectivity index (χ1) is 14.7. The van der Waals surface area contributed by atoms with Crippen LogP contribution in [0, 0.1) is 10.1 Å². The van der Waals surface area contributed by atoms with Crippen molar-refractivity contribution in [3.63, 3.8) is 0 Å². The van der Waals surface area contributed by atoms with Crippen LogP contribution in [-0.2, 0) is 24.3 Å². The minimum atomic E-state index is -4.12. The zero-order valence-electron chi connectivity index (χ0n) is 17.5. The van der Waals surface area contributed by atoms with Gasteiger partial charge in [0.05, 0.1) is 22.6 Å². The molecule has 0 saturated heterocycles. The highest BCUT2D eigenvalue weighted by Crippen LogP contribution is 2.24. The molecule has 2 aromatic rings. The standard InChI is InChI=1S/C20H25N3O7S/c1-4-6-13-30-20(5-2,19(24)29-3)22-31(27,28)17-10-7-15(8-11-17)18-12-9-16(14-21-18)23(25)26/h7-12,14,22H,4-6,13H2,1-3H3. The van der Waals surface area contributed by atoms with Crippen LogP contribution in [0.5, 0.6) is 0 Å². The average molecular weight is 452 g/mol. The van der Waals surface area contributed by atoms with E-state index in [1.807, 2.05) is 6.92 Å². The van der Waals surface area contributed by atoms with Gasteiger partial charge in [0.2, 0.25) is 15.7 Å². The summed E-state index contributed by atoms with van der Waals surface area (Å²) < 4.78 is 38.6. The summed E-state index contributed by atoms with van der Waals surface area (Å²) >= 11 is 0. The molecule has 0 aliphatic rings. The molecule has 1 heterocycles. The Labute approximate surface area is 180 Å². The van der Waals surface area contributed by atoms with Gasteiger partial charge >= 0.3 is 5.97 Å². The van der Waals surface area contributed by atoms with Crippen molar-refractivity contribution in [2.24, 2.45) is 0 Å².